The number of nitrogens with zero attached hydrogens (tertiary/aromatic N) is 1. The SMILES string of the molecule is O=C1CCN(c2ccc(Cl)cc2Cl)C(=O)C2(CCCC2)N1. The minimum atomic E-state index is -0.753. The number of carbonyl (C=O) groups is 2. The van der Waals surface area contributed by atoms with Gasteiger partial charge in [0.2, 0.25) is 5.91 Å². The zero-order valence-corrected chi connectivity index (χ0v) is 13.0. The molecule has 2 fully saturated rings. The third kappa shape index (κ3) is 2.62. The number of hydrogen-bond donors (Lipinski definition) is 1. The van der Waals surface area contributed by atoms with Gasteiger partial charge >= 0.3 is 0 Å². The van der Waals surface area contributed by atoms with Crippen molar-refractivity contribution in [1.82, 2.24) is 5.32 Å². The first-order valence-corrected chi connectivity index (χ1v) is 7.85. The van der Waals surface area contributed by atoms with E-state index in [4.69, 9.17) is 23.2 Å². The summed E-state index contributed by atoms with van der Waals surface area (Å²) in [5.41, 5.74) is -0.134. The lowest BCUT2D eigenvalue weighted by Crippen LogP contribution is -2.55. The summed E-state index contributed by atoms with van der Waals surface area (Å²) < 4.78 is 0. The van der Waals surface area contributed by atoms with Gasteiger partial charge in [-0.3, -0.25) is 9.59 Å². The van der Waals surface area contributed by atoms with Gasteiger partial charge in [0.15, 0.2) is 0 Å². The van der Waals surface area contributed by atoms with Crippen LogP contribution in [0.15, 0.2) is 18.2 Å². The van der Waals surface area contributed by atoms with E-state index in [0.29, 0.717) is 35.1 Å². The van der Waals surface area contributed by atoms with Gasteiger partial charge in [-0.05, 0) is 31.0 Å². The Balaban J connectivity index is 2.00. The highest BCUT2D eigenvalue weighted by Crippen LogP contribution is 2.37. The van der Waals surface area contributed by atoms with Crippen LogP contribution in [0.3, 0.4) is 0 Å². The highest BCUT2D eigenvalue weighted by Gasteiger charge is 2.47. The van der Waals surface area contributed by atoms with Crippen LogP contribution in [0, 0.1) is 0 Å². The zero-order valence-electron chi connectivity index (χ0n) is 11.5. The van der Waals surface area contributed by atoms with Crippen molar-refractivity contribution in [2.75, 3.05) is 11.4 Å². The van der Waals surface area contributed by atoms with Gasteiger partial charge in [-0.25, -0.2) is 0 Å². The Morgan fingerprint density at radius 2 is 1.86 bits per heavy atom. The Kier molecular flexibility index (Phi) is 3.84. The van der Waals surface area contributed by atoms with Crippen LogP contribution >= 0.6 is 23.2 Å². The monoisotopic (exact) mass is 326 g/mol. The maximum atomic E-state index is 13.0. The van der Waals surface area contributed by atoms with Crippen molar-refractivity contribution in [3.8, 4) is 0 Å². The third-order valence-electron chi connectivity index (χ3n) is 4.25. The second kappa shape index (κ2) is 5.50. The summed E-state index contributed by atoms with van der Waals surface area (Å²) in [6.45, 7) is 0.341. The molecule has 1 aliphatic heterocycles. The van der Waals surface area contributed by atoms with Crippen molar-refractivity contribution in [3.05, 3.63) is 28.2 Å². The second-order valence-corrected chi connectivity index (χ2v) is 6.48. The van der Waals surface area contributed by atoms with Crippen molar-refractivity contribution in [1.29, 1.82) is 0 Å². The van der Waals surface area contributed by atoms with Gasteiger partial charge in [-0.2, -0.15) is 0 Å². The molecule has 1 aromatic rings. The lowest BCUT2D eigenvalue weighted by Gasteiger charge is -2.32. The fraction of sp³-hybridized carbons (Fsp3) is 0.467. The standard InChI is InChI=1S/C15H16Cl2N2O2/c16-10-3-4-12(11(17)9-10)19-8-5-13(20)18-15(14(19)21)6-1-2-7-15/h3-4,9H,1-2,5-8H2,(H,18,20). The van der Waals surface area contributed by atoms with Crippen molar-refractivity contribution in [2.45, 2.75) is 37.6 Å². The molecule has 1 saturated carbocycles. The smallest absolute Gasteiger partial charge is 0.252 e. The van der Waals surface area contributed by atoms with Crippen molar-refractivity contribution >= 4 is 40.7 Å². The number of hydrogen-bond acceptors (Lipinski definition) is 2. The molecule has 3 rings (SSSR count). The quantitative estimate of drug-likeness (QED) is 0.861. The summed E-state index contributed by atoms with van der Waals surface area (Å²) in [6, 6.07) is 5.06. The molecule has 2 amide bonds. The van der Waals surface area contributed by atoms with Gasteiger partial charge in [-0.15, -0.1) is 0 Å². The van der Waals surface area contributed by atoms with Crippen LogP contribution in [-0.4, -0.2) is 23.9 Å². The maximum absolute atomic E-state index is 13.0. The van der Waals surface area contributed by atoms with Crippen LogP contribution in [0.2, 0.25) is 10.0 Å². The summed E-state index contributed by atoms with van der Waals surface area (Å²) in [5, 5.41) is 3.89. The minimum Gasteiger partial charge on any atom is -0.342 e. The molecular formula is C15H16Cl2N2O2. The fourth-order valence-corrected chi connectivity index (χ4v) is 3.71. The largest absolute Gasteiger partial charge is 0.342 e. The molecule has 1 spiro atoms. The van der Waals surface area contributed by atoms with Gasteiger partial charge in [0.1, 0.15) is 5.54 Å². The molecule has 0 aromatic heterocycles. The Hall–Kier alpha value is -1.26. The molecule has 21 heavy (non-hydrogen) atoms. The maximum Gasteiger partial charge on any atom is 0.252 e. The van der Waals surface area contributed by atoms with Crippen LogP contribution in [0.4, 0.5) is 5.69 Å². The molecule has 1 aromatic carbocycles. The number of nitrogens with one attached hydrogen (secondary N) is 1. The summed E-state index contributed by atoms with van der Waals surface area (Å²) in [5.74, 6) is -0.132. The van der Waals surface area contributed by atoms with E-state index in [1.54, 1.807) is 23.1 Å². The van der Waals surface area contributed by atoms with E-state index in [1.807, 2.05) is 0 Å². The van der Waals surface area contributed by atoms with Crippen LogP contribution in [0.1, 0.15) is 32.1 Å². The van der Waals surface area contributed by atoms with Gasteiger partial charge in [-0.1, -0.05) is 36.0 Å². The Labute approximate surface area is 133 Å². The first-order chi connectivity index (χ1) is 10.0. The average Bonchev–Trinajstić information content (AvgIpc) is 2.85. The molecular weight excluding hydrogens is 311 g/mol. The van der Waals surface area contributed by atoms with E-state index in [1.165, 1.54) is 0 Å². The van der Waals surface area contributed by atoms with E-state index in [0.717, 1.165) is 12.8 Å². The lowest BCUT2D eigenvalue weighted by atomic mass is 9.95. The highest BCUT2D eigenvalue weighted by atomic mass is 35.5. The van der Waals surface area contributed by atoms with E-state index in [-0.39, 0.29) is 18.2 Å². The zero-order chi connectivity index (χ0) is 15.0. The van der Waals surface area contributed by atoms with E-state index >= 15 is 0 Å². The predicted molar refractivity (Wildman–Crippen MR) is 82.8 cm³/mol. The molecule has 6 heteroatoms. The Morgan fingerprint density at radius 3 is 2.52 bits per heavy atom. The molecule has 0 bridgehead atoms. The summed E-state index contributed by atoms with van der Waals surface area (Å²) >= 11 is 12.1. The summed E-state index contributed by atoms with van der Waals surface area (Å²) in [7, 11) is 0. The van der Waals surface area contributed by atoms with Gasteiger partial charge < -0.3 is 10.2 Å². The molecule has 0 atom stereocenters. The van der Waals surface area contributed by atoms with E-state index in [2.05, 4.69) is 5.32 Å². The van der Waals surface area contributed by atoms with Crippen LogP contribution in [-0.2, 0) is 9.59 Å². The number of benzene rings is 1. The molecule has 0 radical (unpaired) electrons. The molecule has 4 nitrogen and oxygen atoms in total. The van der Waals surface area contributed by atoms with Crippen molar-refractivity contribution in [3.63, 3.8) is 0 Å². The molecule has 0 unspecified atom stereocenters. The van der Waals surface area contributed by atoms with E-state index < -0.39 is 5.54 Å². The first-order valence-electron chi connectivity index (χ1n) is 7.10. The number of rotatable bonds is 1. The number of carbonyl (C=O) groups excluding carboxylic acids is 2. The summed E-state index contributed by atoms with van der Waals surface area (Å²) in [6.07, 6.45) is 3.58. The number of amides is 2. The van der Waals surface area contributed by atoms with Crippen molar-refractivity contribution < 1.29 is 9.59 Å². The fourth-order valence-electron chi connectivity index (χ4n) is 3.20. The number of anilines is 1. The molecule has 1 saturated heterocycles. The Morgan fingerprint density at radius 1 is 1.14 bits per heavy atom. The third-order valence-corrected chi connectivity index (χ3v) is 4.79. The molecule has 1 aliphatic carbocycles. The molecule has 1 N–H and O–H groups in total. The lowest BCUT2D eigenvalue weighted by molar-refractivity contribution is -0.129. The number of halogens is 2. The minimum absolute atomic E-state index is 0.0601. The predicted octanol–water partition coefficient (Wildman–Crippen LogP) is 3.16. The topological polar surface area (TPSA) is 49.4 Å². The van der Waals surface area contributed by atoms with Gasteiger partial charge in [0.05, 0.1) is 10.7 Å². The first kappa shape index (κ1) is 14.7. The Bertz CT molecular complexity index is 597. The average molecular weight is 327 g/mol. The second-order valence-electron chi connectivity index (χ2n) is 5.64. The molecule has 2 aliphatic rings. The van der Waals surface area contributed by atoms with Crippen LogP contribution < -0.4 is 10.2 Å². The normalized spacial score (nSPS) is 21.5. The van der Waals surface area contributed by atoms with Crippen LogP contribution in [0.5, 0.6) is 0 Å². The highest BCUT2D eigenvalue weighted by molar-refractivity contribution is 6.36. The van der Waals surface area contributed by atoms with Crippen LogP contribution in [0.25, 0.3) is 0 Å². The van der Waals surface area contributed by atoms with Crippen molar-refractivity contribution in [2.24, 2.45) is 0 Å². The molecule has 1 heterocycles. The van der Waals surface area contributed by atoms with E-state index in [9.17, 15) is 9.59 Å². The summed E-state index contributed by atoms with van der Waals surface area (Å²) in [4.78, 5) is 26.6. The van der Waals surface area contributed by atoms with Gasteiger partial charge in [0, 0.05) is 18.0 Å². The molecule has 112 valence electrons. The van der Waals surface area contributed by atoms with Gasteiger partial charge in [0.25, 0.3) is 5.91 Å².